The van der Waals surface area contributed by atoms with Gasteiger partial charge in [0.2, 0.25) is 0 Å². The molecule has 0 spiro atoms. The maximum Gasteiger partial charge on any atom is 0.251 e. The summed E-state index contributed by atoms with van der Waals surface area (Å²) in [4.78, 5) is 14.9. The van der Waals surface area contributed by atoms with Crippen molar-refractivity contribution < 1.29 is 23.7 Å². The van der Waals surface area contributed by atoms with Crippen LogP contribution in [0.2, 0.25) is 0 Å². The molecule has 0 bridgehead atoms. The molecule has 0 radical (unpaired) electrons. The minimum Gasteiger partial charge on any atom is -0.497 e. The summed E-state index contributed by atoms with van der Waals surface area (Å²) in [6, 6.07) is 5.78. The molecule has 0 aromatic heterocycles. The van der Waals surface area contributed by atoms with Gasteiger partial charge in [0.1, 0.15) is 17.6 Å². The van der Waals surface area contributed by atoms with Gasteiger partial charge < -0.3 is 23.8 Å². The molecular weight excluding hydrogens is 334 g/mol. The molecular formula is C20H29NO5. The largest absolute Gasteiger partial charge is 0.497 e. The number of carbonyl (C=O) groups is 1. The Bertz CT molecular complexity index is 614. The topological polar surface area (TPSA) is 57.2 Å². The van der Waals surface area contributed by atoms with Crippen molar-refractivity contribution >= 4 is 5.91 Å². The highest BCUT2D eigenvalue weighted by atomic mass is 16.5. The van der Waals surface area contributed by atoms with E-state index in [1.165, 1.54) is 0 Å². The van der Waals surface area contributed by atoms with E-state index in [-0.39, 0.29) is 18.1 Å². The van der Waals surface area contributed by atoms with Gasteiger partial charge in [0, 0.05) is 24.8 Å². The Morgan fingerprint density at radius 2 is 2.12 bits per heavy atom. The SMILES string of the molecule is COc1ccc(C2CCCN2C(=O)C(C)OCC2CCCO2)c(OC)c1. The standard InChI is InChI=1S/C20H29NO5/c1-14(26-13-16-6-5-11-25-16)20(22)21-10-4-7-18(21)17-9-8-15(23-2)12-19(17)24-3/h8-9,12,14,16,18H,4-7,10-11,13H2,1-3H3. The van der Waals surface area contributed by atoms with Gasteiger partial charge in [-0.15, -0.1) is 0 Å². The van der Waals surface area contributed by atoms with Crippen LogP contribution >= 0.6 is 0 Å². The Morgan fingerprint density at radius 1 is 1.27 bits per heavy atom. The van der Waals surface area contributed by atoms with Crippen molar-refractivity contribution in [2.24, 2.45) is 0 Å². The molecule has 2 aliphatic heterocycles. The zero-order valence-electron chi connectivity index (χ0n) is 15.9. The molecule has 26 heavy (non-hydrogen) atoms. The lowest BCUT2D eigenvalue weighted by Crippen LogP contribution is -2.39. The average Bonchev–Trinajstić information content (AvgIpc) is 3.36. The number of amides is 1. The Kier molecular flexibility index (Phi) is 6.38. The molecule has 6 nitrogen and oxygen atoms in total. The summed E-state index contributed by atoms with van der Waals surface area (Å²) in [5, 5.41) is 0. The quantitative estimate of drug-likeness (QED) is 0.745. The number of hydrogen-bond donors (Lipinski definition) is 0. The molecule has 0 aliphatic carbocycles. The Labute approximate surface area is 155 Å². The van der Waals surface area contributed by atoms with Crippen LogP contribution in [0.25, 0.3) is 0 Å². The first-order chi connectivity index (χ1) is 12.6. The average molecular weight is 363 g/mol. The number of rotatable bonds is 7. The summed E-state index contributed by atoms with van der Waals surface area (Å²) in [5.41, 5.74) is 1.02. The Balaban J connectivity index is 1.68. The molecule has 2 heterocycles. The third kappa shape index (κ3) is 4.13. The van der Waals surface area contributed by atoms with Crippen molar-refractivity contribution in [3.8, 4) is 11.5 Å². The monoisotopic (exact) mass is 363 g/mol. The first-order valence-corrected chi connectivity index (χ1v) is 9.39. The van der Waals surface area contributed by atoms with Crippen LogP contribution in [0.5, 0.6) is 11.5 Å². The van der Waals surface area contributed by atoms with E-state index >= 15 is 0 Å². The van der Waals surface area contributed by atoms with Gasteiger partial charge in [-0.1, -0.05) is 0 Å². The van der Waals surface area contributed by atoms with Crippen LogP contribution in [0.1, 0.15) is 44.2 Å². The van der Waals surface area contributed by atoms with Crippen LogP contribution in [-0.2, 0) is 14.3 Å². The molecule has 3 unspecified atom stereocenters. The normalized spacial score (nSPS) is 23.9. The first-order valence-electron chi connectivity index (χ1n) is 9.39. The van der Waals surface area contributed by atoms with E-state index in [2.05, 4.69) is 0 Å². The maximum atomic E-state index is 13.0. The molecule has 1 amide bonds. The van der Waals surface area contributed by atoms with Crippen molar-refractivity contribution in [1.82, 2.24) is 4.90 Å². The third-order valence-electron chi connectivity index (χ3n) is 5.24. The molecule has 2 fully saturated rings. The number of carbonyl (C=O) groups excluding carboxylic acids is 1. The van der Waals surface area contributed by atoms with E-state index in [1.54, 1.807) is 14.2 Å². The van der Waals surface area contributed by atoms with Crippen LogP contribution in [-0.4, -0.2) is 57.0 Å². The molecule has 3 rings (SSSR count). The van der Waals surface area contributed by atoms with E-state index in [0.29, 0.717) is 6.61 Å². The van der Waals surface area contributed by atoms with Crippen molar-refractivity contribution in [2.75, 3.05) is 34.0 Å². The highest BCUT2D eigenvalue weighted by Gasteiger charge is 2.34. The summed E-state index contributed by atoms with van der Waals surface area (Å²) < 4.78 is 22.2. The maximum absolute atomic E-state index is 13.0. The molecule has 0 N–H and O–H groups in total. The van der Waals surface area contributed by atoms with Gasteiger partial charge in [-0.3, -0.25) is 4.79 Å². The zero-order chi connectivity index (χ0) is 18.5. The van der Waals surface area contributed by atoms with Gasteiger partial charge >= 0.3 is 0 Å². The number of nitrogens with zero attached hydrogens (tertiary/aromatic N) is 1. The predicted octanol–water partition coefficient (Wildman–Crippen LogP) is 2.95. The van der Waals surface area contributed by atoms with Crippen LogP contribution < -0.4 is 9.47 Å². The lowest BCUT2D eigenvalue weighted by Gasteiger charge is -2.29. The van der Waals surface area contributed by atoms with Gasteiger partial charge in [0.25, 0.3) is 5.91 Å². The van der Waals surface area contributed by atoms with Crippen molar-refractivity contribution in [3.63, 3.8) is 0 Å². The van der Waals surface area contributed by atoms with Gasteiger partial charge in [-0.25, -0.2) is 0 Å². The fourth-order valence-corrected chi connectivity index (χ4v) is 3.78. The Morgan fingerprint density at radius 3 is 2.81 bits per heavy atom. The summed E-state index contributed by atoms with van der Waals surface area (Å²) in [6.45, 7) is 3.85. The molecule has 3 atom stereocenters. The number of benzene rings is 1. The van der Waals surface area contributed by atoms with Gasteiger partial charge in [-0.05, 0) is 44.7 Å². The van der Waals surface area contributed by atoms with Crippen molar-refractivity contribution in [3.05, 3.63) is 23.8 Å². The van der Waals surface area contributed by atoms with Crippen molar-refractivity contribution in [2.45, 2.75) is 50.9 Å². The minimum absolute atomic E-state index is 0.0112. The summed E-state index contributed by atoms with van der Waals surface area (Å²) in [7, 11) is 3.28. The van der Waals surface area contributed by atoms with Crippen LogP contribution in [0.4, 0.5) is 0 Å². The number of hydrogen-bond acceptors (Lipinski definition) is 5. The fraction of sp³-hybridized carbons (Fsp3) is 0.650. The van der Waals surface area contributed by atoms with Gasteiger partial charge in [0.05, 0.1) is 33.0 Å². The smallest absolute Gasteiger partial charge is 0.251 e. The van der Waals surface area contributed by atoms with Crippen LogP contribution in [0.3, 0.4) is 0 Å². The summed E-state index contributed by atoms with van der Waals surface area (Å²) >= 11 is 0. The second kappa shape index (κ2) is 8.73. The van der Waals surface area contributed by atoms with E-state index < -0.39 is 6.10 Å². The summed E-state index contributed by atoms with van der Waals surface area (Å²) in [5.74, 6) is 1.53. The molecule has 2 aliphatic rings. The molecule has 2 saturated heterocycles. The summed E-state index contributed by atoms with van der Waals surface area (Å²) in [6.07, 6.45) is 3.64. The number of methoxy groups -OCH3 is 2. The molecule has 1 aromatic rings. The second-order valence-electron chi connectivity index (χ2n) is 6.91. The van der Waals surface area contributed by atoms with Gasteiger partial charge in [-0.2, -0.15) is 0 Å². The van der Waals surface area contributed by atoms with Crippen molar-refractivity contribution in [1.29, 1.82) is 0 Å². The highest BCUT2D eigenvalue weighted by molar-refractivity contribution is 5.81. The fourth-order valence-electron chi connectivity index (χ4n) is 3.78. The third-order valence-corrected chi connectivity index (χ3v) is 5.24. The lowest BCUT2D eigenvalue weighted by atomic mass is 10.0. The molecule has 144 valence electrons. The lowest BCUT2D eigenvalue weighted by molar-refractivity contribution is -0.145. The molecule has 0 saturated carbocycles. The number of ether oxygens (including phenoxy) is 4. The zero-order valence-corrected chi connectivity index (χ0v) is 15.9. The van der Waals surface area contributed by atoms with Crippen LogP contribution in [0, 0.1) is 0 Å². The minimum atomic E-state index is -0.468. The van der Waals surface area contributed by atoms with E-state index in [4.69, 9.17) is 18.9 Å². The Hall–Kier alpha value is -1.79. The number of likely N-dealkylation sites (tertiary alicyclic amines) is 1. The predicted molar refractivity (Wildman–Crippen MR) is 97.6 cm³/mol. The highest BCUT2D eigenvalue weighted by Crippen LogP contribution is 2.39. The molecule has 6 heteroatoms. The van der Waals surface area contributed by atoms with E-state index in [1.807, 2.05) is 30.0 Å². The first kappa shape index (κ1) is 19.0. The molecule has 1 aromatic carbocycles. The van der Waals surface area contributed by atoms with Gasteiger partial charge in [0.15, 0.2) is 0 Å². The van der Waals surface area contributed by atoms with Crippen LogP contribution in [0.15, 0.2) is 18.2 Å². The second-order valence-corrected chi connectivity index (χ2v) is 6.91. The van der Waals surface area contributed by atoms with E-state index in [0.717, 1.165) is 55.9 Å². The van der Waals surface area contributed by atoms with E-state index in [9.17, 15) is 4.79 Å².